The molecule has 8 heteroatoms. The summed E-state index contributed by atoms with van der Waals surface area (Å²) in [6.45, 7) is 3.55. The highest BCUT2D eigenvalue weighted by molar-refractivity contribution is 7.87. The Morgan fingerprint density at radius 3 is 2.35 bits per heavy atom. The Kier molecular flexibility index (Phi) is 5.12. The number of non-ortho nitro benzene ring substituents is 1. The number of hydrogen-bond acceptors (Lipinski definition) is 4. The molecule has 0 atom stereocenters. The van der Waals surface area contributed by atoms with Gasteiger partial charge in [0.05, 0.1) is 10.6 Å². The predicted molar refractivity (Wildman–Crippen MR) is 77.1 cm³/mol. The molecule has 0 aliphatic heterocycles. The molecule has 0 bridgehead atoms. The highest BCUT2D eigenvalue weighted by Crippen LogP contribution is 2.15. The van der Waals surface area contributed by atoms with Crippen LogP contribution in [0, 0.1) is 10.1 Å². The molecule has 0 fully saturated rings. The summed E-state index contributed by atoms with van der Waals surface area (Å²) in [5, 5.41) is 10.6. The van der Waals surface area contributed by atoms with Crippen molar-refractivity contribution in [2.24, 2.45) is 4.40 Å². The van der Waals surface area contributed by atoms with Crippen LogP contribution in [-0.2, 0) is 10.2 Å². The molecule has 0 N–H and O–H groups in total. The van der Waals surface area contributed by atoms with Crippen LogP contribution in [0.3, 0.4) is 0 Å². The van der Waals surface area contributed by atoms with Crippen LogP contribution in [0.2, 0.25) is 0 Å². The van der Waals surface area contributed by atoms with Crippen molar-refractivity contribution >= 4 is 21.6 Å². The Balaban J connectivity index is 3.24. The number of allylic oxidation sites excluding steroid dienone is 1. The van der Waals surface area contributed by atoms with E-state index >= 15 is 0 Å². The Labute approximate surface area is 117 Å². The van der Waals surface area contributed by atoms with Crippen molar-refractivity contribution in [3.8, 4) is 0 Å². The van der Waals surface area contributed by atoms with E-state index < -0.39 is 15.1 Å². The molecule has 0 heterocycles. The summed E-state index contributed by atoms with van der Waals surface area (Å²) in [6.07, 6.45) is 1.76. The molecule has 1 rings (SSSR count). The van der Waals surface area contributed by atoms with E-state index in [1.54, 1.807) is 0 Å². The monoisotopic (exact) mass is 297 g/mol. The van der Waals surface area contributed by atoms with Gasteiger partial charge in [-0.1, -0.05) is 6.08 Å². The fraction of sp³-hybridized carbons (Fsp3) is 0.250. The lowest BCUT2D eigenvalue weighted by atomic mass is 10.1. The Hall–Kier alpha value is -2.06. The Bertz CT molecular complexity index is 633. The topological polar surface area (TPSA) is 92.9 Å². The third-order valence-electron chi connectivity index (χ3n) is 2.44. The van der Waals surface area contributed by atoms with E-state index in [4.69, 9.17) is 0 Å². The number of hydrogen-bond donors (Lipinski definition) is 0. The third-order valence-corrected chi connectivity index (χ3v) is 3.81. The molecule has 108 valence electrons. The first-order valence-electron chi connectivity index (χ1n) is 5.65. The second-order valence-electron chi connectivity index (χ2n) is 4.09. The summed E-state index contributed by atoms with van der Waals surface area (Å²) in [7, 11) is -1.00. The summed E-state index contributed by atoms with van der Waals surface area (Å²) in [4.78, 5) is 10.1. The predicted octanol–water partition coefficient (Wildman–Crippen LogP) is 1.77. The van der Waals surface area contributed by atoms with Crippen LogP contribution >= 0.6 is 0 Å². The first-order chi connectivity index (χ1) is 9.27. The van der Waals surface area contributed by atoms with Crippen molar-refractivity contribution in [1.82, 2.24) is 4.31 Å². The molecule has 0 saturated carbocycles. The second-order valence-corrected chi connectivity index (χ2v) is 5.90. The van der Waals surface area contributed by atoms with Gasteiger partial charge in [-0.2, -0.15) is 17.1 Å². The molecule has 0 aromatic heterocycles. The average Bonchev–Trinajstić information content (AvgIpc) is 2.38. The van der Waals surface area contributed by atoms with Crippen LogP contribution in [-0.4, -0.2) is 37.5 Å². The minimum absolute atomic E-state index is 0.0674. The Morgan fingerprint density at radius 1 is 1.40 bits per heavy atom. The van der Waals surface area contributed by atoms with Gasteiger partial charge in [-0.25, -0.2) is 0 Å². The molecule has 0 aliphatic rings. The van der Waals surface area contributed by atoms with Gasteiger partial charge in [0, 0.05) is 32.6 Å². The first-order valence-corrected chi connectivity index (χ1v) is 7.04. The summed E-state index contributed by atoms with van der Waals surface area (Å²) in [5.41, 5.74) is 0.715. The van der Waals surface area contributed by atoms with Gasteiger partial charge in [0.2, 0.25) is 0 Å². The van der Waals surface area contributed by atoms with E-state index in [9.17, 15) is 18.5 Å². The molecule has 0 amide bonds. The average molecular weight is 297 g/mol. The normalized spacial score (nSPS) is 12.4. The number of nitrogens with zero attached hydrogens (tertiary/aromatic N) is 3. The molecule has 1 aromatic carbocycles. The number of nitro groups is 1. The molecule has 20 heavy (non-hydrogen) atoms. The quantitative estimate of drug-likeness (QED) is 0.346. The van der Waals surface area contributed by atoms with Crippen LogP contribution in [0.4, 0.5) is 5.69 Å². The first kappa shape index (κ1) is 16.0. The standard InChI is InChI=1S/C12H15N3O4S/c1-4-5-12(13-20(18,19)14(2)3)10-6-8-11(9-7-10)15(16)17/h4,6-9H,1,5H2,2-3H3/b13-12+. The van der Waals surface area contributed by atoms with Crippen LogP contribution in [0.15, 0.2) is 41.3 Å². The summed E-state index contributed by atoms with van der Waals surface area (Å²) in [5.74, 6) is 0. The summed E-state index contributed by atoms with van der Waals surface area (Å²) >= 11 is 0. The molecule has 0 radical (unpaired) electrons. The van der Waals surface area contributed by atoms with Gasteiger partial charge < -0.3 is 0 Å². The largest absolute Gasteiger partial charge is 0.322 e. The second kappa shape index (κ2) is 6.40. The van der Waals surface area contributed by atoms with Crippen LogP contribution in [0.5, 0.6) is 0 Å². The van der Waals surface area contributed by atoms with Crippen LogP contribution in [0.1, 0.15) is 12.0 Å². The van der Waals surface area contributed by atoms with E-state index in [1.807, 2.05) is 0 Å². The zero-order valence-electron chi connectivity index (χ0n) is 11.2. The smallest absolute Gasteiger partial charge is 0.258 e. The van der Waals surface area contributed by atoms with E-state index in [-0.39, 0.29) is 17.8 Å². The molecule has 0 unspecified atom stereocenters. The van der Waals surface area contributed by atoms with E-state index in [1.165, 1.54) is 44.4 Å². The van der Waals surface area contributed by atoms with Crippen molar-refractivity contribution < 1.29 is 13.3 Å². The SMILES string of the molecule is C=CC/C(=N\S(=O)(=O)N(C)C)c1ccc([N+](=O)[O-])cc1. The maximum Gasteiger partial charge on any atom is 0.322 e. The number of rotatable bonds is 6. The minimum Gasteiger partial charge on any atom is -0.258 e. The van der Waals surface area contributed by atoms with Gasteiger partial charge in [0.15, 0.2) is 0 Å². The maximum absolute atomic E-state index is 11.8. The van der Waals surface area contributed by atoms with Crippen molar-refractivity contribution in [3.63, 3.8) is 0 Å². The lowest BCUT2D eigenvalue weighted by Crippen LogP contribution is -2.21. The van der Waals surface area contributed by atoms with Gasteiger partial charge in [-0.3, -0.25) is 10.1 Å². The lowest BCUT2D eigenvalue weighted by molar-refractivity contribution is -0.384. The van der Waals surface area contributed by atoms with Gasteiger partial charge in [0.1, 0.15) is 0 Å². The van der Waals surface area contributed by atoms with E-state index in [0.717, 1.165) is 4.31 Å². The molecule has 7 nitrogen and oxygen atoms in total. The van der Waals surface area contributed by atoms with Crippen molar-refractivity contribution in [1.29, 1.82) is 0 Å². The third kappa shape index (κ3) is 3.97. The van der Waals surface area contributed by atoms with Crippen LogP contribution in [0.25, 0.3) is 0 Å². The van der Waals surface area contributed by atoms with Gasteiger partial charge >= 0.3 is 10.2 Å². The number of benzene rings is 1. The highest BCUT2D eigenvalue weighted by Gasteiger charge is 2.15. The fourth-order valence-corrected chi connectivity index (χ4v) is 1.96. The molecular formula is C12H15N3O4S. The van der Waals surface area contributed by atoms with Crippen molar-refractivity contribution in [2.45, 2.75) is 6.42 Å². The molecular weight excluding hydrogens is 282 g/mol. The zero-order valence-corrected chi connectivity index (χ0v) is 12.0. The molecule has 0 saturated heterocycles. The number of nitro benzene ring substituents is 1. The Morgan fingerprint density at radius 2 is 1.95 bits per heavy atom. The molecule has 1 aromatic rings. The summed E-state index contributed by atoms with van der Waals surface area (Å²) in [6, 6.07) is 5.53. The molecule has 0 aliphatic carbocycles. The lowest BCUT2D eigenvalue weighted by Gasteiger charge is -2.09. The zero-order chi connectivity index (χ0) is 15.3. The van der Waals surface area contributed by atoms with Gasteiger partial charge in [-0.05, 0) is 17.7 Å². The summed E-state index contributed by atoms with van der Waals surface area (Å²) < 4.78 is 28.2. The highest BCUT2D eigenvalue weighted by atomic mass is 32.2. The van der Waals surface area contributed by atoms with Gasteiger partial charge in [0.25, 0.3) is 5.69 Å². The van der Waals surface area contributed by atoms with E-state index in [2.05, 4.69) is 11.0 Å². The van der Waals surface area contributed by atoms with Crippen molar-refractivity contribution in [2.75, 3.05) is 14.1 Å². The maximum atomic E-state index is 11.8. The van der Waals surface area contributed by atoms with Crippen molar-refractivity contribution in [3.05, 3.63) is 52.6 Å². The minimum atomic E-state index is -3.75. The van der Waals surface area contributed by atoms with E-state index in [0.29, 0.717) is 5.56 Å². The van der Waals surface area contributed by atoms with Crippen LogP contribution < -0.4 is 0 Å². The van der Waals surface area contributed by atoms with Gasteiger partial charge in [-0.15, -0.1) is 6.58 Å². The fourth-order valence-electron chi connectivity index (χ4n) is 1.34. The molecule has 0 spiro atoms.